The third kappa shape index (κ3) is 2.49. The van der Waals surface area contributed by atoms with Crippen molar-refractivity contribution < 1.29 is 14.6 Å². The number of carboxylic acids is 1. The van der Waals surface area contributed by atoms with Gasteiger partial charge in [-0.2, -0.15) is 0 Å². The van der Waals surface area contributed by atoms with Crippen molar-refractivity contribution >= 4 is 5.97 Å². The van der Waals surface area contributed by atoms with E-state index in [4.69, 9.17) is 9.84 Å². The van der Waals surface area contributed by atoms with Crippen molar-refractivity contribution in [1.82, 2.24) is 4.90 Å². The van der Waals surface area contributed by atoms with Crippen LogP contribution in [0.2, 0.25) is 0 Å². The summed E-state index contributed by atoms with van der Waals surface area (Å²) in [5.41, 5.74) is 0. The minimum Gasteiger partial charge on any atom is -0.480 e. The summed E-state index contributed by atoms with van der Waals surface area (Å²) in [7, 11) is 0. The number of ether oxygens (including phenoxy) is 1. The summed E-state index contributed by atoms with van der Waals surface area (Å²) in [4.78, 5) is 13.2. The highest BCUT2D eigenvalue weighted by Gasteiger charge is 2.39. The molecule has 0 aromatic rings. The van der Waals surface area contributed by atoms with E-state index in [2.05, 4.69) is 4.90 Å². The summed E-state index contributed by atoms with van der Waals surface area (Å²) in [5.74, 6) is -0.701. The summed E-state index contributed by atoms with van der Waals surface area (Å²) in [5, 5.41) is 9.09. The summed E-state index contributed by atoms with van der Waals surface area (Å²) in [6, 6.07) is 0.581. The predicted octanol–water partition coefficient (Wildman–Crippen LogP) is 1.10. The second-order valence-electron chi connectivity index (χ2n) is 4.54. The normalized spacial score (nSPS) is 25.5. The van der Waals surface area contributed by atoms with Crippen LogP contribution in [0.25, 0.3) is 0 Å². The van der Waals surface area contributed by atoms with E-state index in [1.165, 1.54) is 0 Å². The first-order chi connectivity index (χ1) is 7.20. The summed E-state index contributed by atoms with van der Waals surface area (Å²) < 4.78 is 5.32. The highest BCUT2D eigenvalue weighted by Crippen LogP contribution is 2.33. The standard InChI is InChI=1S/C11H19NO3/c1-8(11(13)14)12(9-2-3-9)10-4-6-15-7-5-10/h8-10H,2-7H2,1H3,(H,13,14). The van der Waals surface area contributed by atoms with E-state index in [0.717, 1.165) is 38.9 Å². The molecule has 1 atom stereocenters. The van der Waals surface area contributed by atoms with Crippen molar-refractivity contribution in [1.29, 1.82) is 0 Å². The molecule has 1 unspecified atom stereocenters. The van der Waals surface area contributed by atoms with Crippen LogP contribution in [0.4, 0.5) is 0 Å². The van der Waals surface area contributed by atoms with Crippen LogP contribution in [0.3, 0.4) is 0 Å². The van der Waals surface area contributed by atoms with Gasteiger partial charge in [0.25, 0.3) is 0 Å². The number of carboxylic acid groups (broad SMARTS) is 1. The first-order valence-corrected chi connectivity index (χ1v) is 5.78. The van der Waals surface area contributed by atoms with Crippen LogP contribution in [-0.2, 0) is 9.53 Å². The van der Waals surface area contributed by atoms with Crippen LogP contribution < -0.4 is 0 Å². The molecular formula is C11H19NO3. The zero-order valence-electron chi connectivity index (χ0n) is 9.19. The van der Waals surface area contributed by atoms with E-state index in [1.807, 2.05) is 0 Å². The molecule has 0 bridgehead atoms. The molecular weight excluding hydrogens is 194 g/mol. The highest BCUT2D eigenvalue weighted by atomic mass is 16.5. The summed E-state index contributed by atoms with van der Waals surface area (Å²) in [6.07, 6.45) is 4.28. The van der Waals surface area contributed by atoms with E-state index >= 15 is 0 Å². The monoisotopic (exact) mass is 213 g/mol. The highest BCUT2D eigenvalue weighted by molar-refractivity contribution is 5.73. The fourth-order valence-corrected chi connectivity index (χ4v) is 2.41. The molecule has 1 aliphatic carbocycles. The molecule has 0 aromatic heterocycles. The number of rotatable bonds is 4. The number of hydrogen-bond donors (Lipinski definition) is 1. The lowest BCUT2D eigenvalue weighted by molar-refractivity contribution is -0.144. The Bertz CT molecular complexity index is 234. The molecule has 0 radical (unpaired) electrons. The topological polar surface area (TPSA) is 49.8 Å². The van der Waals surface area contributed by atoms with Gasteiger partial charge in [-0.15, -0.1) is 0 Å². The smallest absolute Gasteiger partial charge is 0.320 e. The molecule has 0 spiro atoms. The Morgan fingerprint density at radius 3 is 2.27 bits per heavy atom. The van der Waals surface area contributed by atoms with Gasteiger partial charge in [0.2, 0.25) is 0 Å². The molecule has 1 aliphatic heterocycles. The molecule has 0 amide bonds. The van der Waals surface area contributed by atoms with E-state index in [0.29, 0.717) is 12.1 Å². The Hall–Kier alpha value is -0.610. The van der Waals surface area contributed by atoms with Crippen LogP contribution >= 0.6 is 0 Å². The van der Waals surface area contributed by atoms with Crippen LogP contribution in [-0.4, -0.2) is 47.3 Å². The molecule has 2 fully saturated rings. The molecule has 1 saturated heterocycles. The maximum absolute atomic E-state index is 11.0. The van der Waals surface area contributed by atoms with Gasteiger partial charge in [0.1, 0.15) is 6.04 Å². The lowest BCUT2D eigenvalue weighted by Crippen LogP contribution is -2.49. The van der Waals surface area contributed by atoms with E-state index in [9.17, 15) is 4.79 Å². The average molecular weight is 213 g/mol. The van der Waals surface area contributed by atoms with Crippen molar-refractivity contribution in [2.45, 2.75) is 50.7 Å². The van der Waals surface area contributed by atoms with Crippen molar-refractivity contribution in [2.24, 2.45) is 0 Å². The zero-order valence-corrected chi connectivity index (χ0v) is 9.19. The van der Waals surface area contributed by atoms with Crippen molar-refractivity contribution in [3.8, 4) is 0 Å². The molecule has 1 heterocycles. The molecule has 4 nitrogen and oxygen atoms in total. The van der Waals surface area contributed by atoms with Gasteiger partial charge in [-0.3, -0.25) is 9.69 Å². The van der Waals surface area contributed by atoms with E-state index in [1.54, 1.807) is 6.92 Å². The van der Waals surface area contributed by atoms with Gasteiger partial charge in [-0.25, -0.2) is 0 Å². The Kier molecular flexibility index (Phi) is 3.26. The third-order valence-electron chi connectivity index (χ3n) is 3.39. The lowest BCUT2D eigenvalue weighted by Gasteiger charge is -2.36. The van der Waals surface area contributed by atoms with E-state index < -0.39 is 5.97 Å². The molecule has 86 valence electrons. The van der Waals surface area contributed by atoms with Crippen LogP contribution in [0.5, 0.6) is 0 Å². The minimum atomic E-state index is -0.701. The zero-order chi connectivity index (χ0) is 10.8. The Morgan fingerprint density at radius 2 is 1.80 bits per heavy atom. The van der Waals surface area contributed by atoms with Crippen molar-refractivity contribution in [3.63, 3.8) is 0 Å². The summed E-state index contributed by atoms with van der Waals surface area (Å²) in [6.45, 7) is 3.36. The van der Waals surface area contributed by atoms with Crippen LogP contribution in [0.15, 0.2) is 0 Å². The lowest BCUT2D eigenvalue weighted by atomic mass is 10.0. The van der Waals surface area contributed by atoms with E-state index in [-0.39, 0.29) is 6.04 Å². The molecule has 15 heavy (non-hydrogen) atoms. The Balaban J connectivity index is 2.00. The molecule has 1 saturated carbocycles. The first-order valence-electron chi connectivity index (χ1n) is 5.78. The summed E-state index contributed by atoms with van der Waals surface area (Å²) >= 11 is 0. The SMILES string of the molecule is CC(C(=O)O)N(C1CCOCC1)C1CC1. The number of nitrogens with zero attached hydrogens (tertiary/aromatic N) is 1. The van der Waals surface area contributed by atoms with Crippen molar-refractivity contribution in [2.75, 3.05) is 13.2 Å². The molecule has 1 N–H and O–H groups in total. The quantitative estimate of drug-likeness (QED) is 0.760. The van der Waals surface area contributed by atoms with Gasteiger partial charge in [-0.05, 0) is 32.6 Å². The second-order valence-corrected chi connectivity index (χ2v) is 4.54. The molecule has 2 aliphatic rings. The maximum Gasteiger partial charge on any atom is 0.320 e. The molecule has 2 rings (SSSR count). The number of carbonyl (C=O) groups is 1. The first kappa shape index (κ1) is 10.9. The van der Waals surface area contributed by atoms with Gasteiger partial charge in [0.05, 0.1) is 0 Å². The average Bonchev–Trinajstić information content (AvgIpc) is 3.04. The number of aliphatic carboxylic acids is 1. The van der Waals surface area contributed by atoms with Crippen LogP contribution in [0.1, 0.15) is 32.6 Å². The Labute approximate surface area is 90.2 Å². The third-order valence-corrected chi connectivity index (χ3v) is 3.39. The van der Waals surface area contributed by atoms with Gasteiger partial charge in [0.15, 0.2) is 0 Å². The largest absolute Gasteiger partial charge is 0.480 e. The van der Waals surface area contributed by atoms with Gasteiger partial charge in [-0.1, -0.05) is 0 Å². The number of hydrogen-bond acceptors (Lipinski definition) is 3. The Morgan fingerprint density at radius 1 is 1.27 bits per heavy atom. The fourth-order valence-electron chi connectivity index (χ4n) is 2.41. The molecule has 4 heteroatoms. The second kappa shape index (κ2) is 4.49. The van der Waals surface area contributed by atoms with Gasteiger partial charge in [0, 0.05) is 25.3 Å². The van der Waals surface area contributed by atoms with Crippen molar-refractivity contribution in [3.05, 3.63) is 0 Å². The minimum absolute atomic E-state index is 0.347. The van der Waals surface area contributed by atoms with Crippen LogP contribution in [0, 0.1) is 0 Å². The van der Waals surface area contributed by atoms with Gasteiger partial charge >= 0.3 is 5.97 Å². The maximum atomic E-state index is 11.0. The van der Waals surface area contributed by atoms with Gasteiger partial charge < -0.3 is 9.84 Å². The predicted molar refractivity (Wildman–Crippen MR) is 55.8 cm³/mol. The fraction of sp³-hybridized carbons (Fsp3) is 0.909. The molecule has 0 aromatic carbocycles.